The molecule has 1 N–H and O–H groups in total. The summed E-state index contributed by atoms with van der Waals surface area (Å²) in [6.45, 7) is -2.67. The molecule has 1 heterocycles. The first-order valence-corrected chi connectivity index (χ1v) is 7.02. The van der Waals surface area contributed by atoms with Crippen LogP contribution in [0, 0.1) is 5.92 Å². The second kappa shape index (κ2) is 6.91. The summed E-state index contributed by atoms with van der Waals surface area (Å²) in [4.78, 5) is 24.8. The number of rotatable bonds is 4. The van der Waals surface area contributed by atoms with Crippen LogP contribution in [0.2, 0.25) is 5.02 Å². The van der Waals surface area contributed by atoms with Crippen LogP contribution < -0.4 is 4.74 Å². The molecule has 1 fully saturated rings. The Labute approximate surface area is 130 Å². The molecule has 1 unspecified atom stereocenters. The number of carboxylic acids is 1. The number of hydrogen-bond acceptors (Lipinski definition) is 3. The number of ether oxygens (including phenoxy) is 1. The third kappa shape index (κ3) is 3.85. The Hall–Kier alpha value is -1.89. The van der Waals surface area contributed by atoms with Gasteiger partial charge in [0.05, 0.1) is 11.5 Å². The van der Waals surface area contributed by atoms with Gasteiger partial charge in [0, 0.05) is 18.1 Å². The Morgan fingerprint density at radius 3 is 2.77 bits per heavy atom. The van der Waals surface area contributed by atoms with E-state index in [0.717, 1.165) is 0 Å². The standard InChI is InChI=1S/C14H14ClF2NO4/c15-9-3-4-11(22-14(16)17)10(6-9)12(19)18-5-1-2-8(7-18)13(20)21/h3-4,6,8,14H,1-2,5,7H2,(H,20,21). The Balaban J connectivity index is 2.24. The summed E-state index contributed by atoms with van der Waals surface area (Å²) in [7, 11) is 0. The highest BCUT2D eigenvalue weighted by Gasteiger charge is 2.30. The highest BCUT2D eigenvalue weighted by atomic mass is 35.5. The van der Waals surface area contributed by atoms with E-state index in [0.29, 0.717) is 19.4 Å². The van der Waals surface area contributed by atoms with E-state index in [1.165, 1.54) is 23.1 Å². The molecule has 1 saturated heterocycles. The number of carbonyl (C=O) groups is 2. The van der Waals surface area contributed by atoms with Crippen LogP contribution in [-0.2, 0) is 4.79 Å². The first-order chi connectivity index (χ1) is 10.4. The topological polar surface area (TPSA) is 66.8 Å². The van der Waals surface area contributed by atoms with Crippen molar-refractivity contribution in [1.29, 1.82) is 0 Å². The minimum atomic E-state index is -3.07. The maximum Gasteiger partial charge on any atom is 0.387 e. The van der Waals surface area contributed by atoms with Gasteiger partial charge in [0.2, 0.25) is 0 Å². The van der Waals surface area contributed by atoms with Gasteiger partial charge in [-0.3, -0.25) is 9.59 Å². The maximum absolute atomic E-state index is 12.5. The van der Waals surface area contributed by atoms with Crippen LogP contribution in [0.15, 0.2) is 18.2 Å². The molecule has 0 spiro atoms. The van der Waals surface area contributed by atoms with Gasteiger partial charge in [-0.15, -0.1) is 0 Å². The highest BCUT2D eigenvalue weighted by Crippen LogP contribution is 2.27. The van der Waals surface area contributed by atoms with E-state index in [1.54, 1.807) is 0 Å². The normalized spacial score (nSPS) is 18.4. The number of halogens is 3. The third-order valence-electron chi connectivity index (χ3n) is 3.45. The minimum Gasteiger partial charge on any atom is -0.481 e. The summed E-state index contributed by atoms with van der Waals surface area (Å²) in [5.41, 5.74) is -0.0983. The van der Waals surface area contributed by atoms with Gasteiger partial charge < -0.3 is 14.7 Å². The quantitative estimate of drug-likeness (QED) is 0.920. The van der Waals surface area contributed by atoms with Crippen LogP contribution >= 0.6 is 11.6 Å². The number of amides is 1. The first kappa shape index (κ1) is 16.5. The fourth-order valence-corrected chi connectivity index (χ4v) is 2.57. The summed E-state index contributed by atoms with van der Waals surface area (Å²) < 4.78 is 29.2. The Morgan fingerprint density at radius 2 is 2.14 bits per heavy atom. The monoisotopic (exact) mass is 333 g/mol. The van der Waals surface area contributed by atoms with Gasteiger partial charge in [0.15, 0.2) is 0 Å². The van der Waals surface area contributed by atoms with Crippen LogP contribution in [0.5, 0.6) is 5.75 Å². The Kier molecular flexibility index (Phi) is 5.18. The molecule has 120 valence electrons. The fourth-order valence-electron chi connectivity index (χ4n) is 2.40. The van der Waals surface area contributed by atoms with Gasteiger partial charge in [0.25, 0.3) is 5.91 Å². The summed E-state index contributed by atoms with van der Waals surface area (Å²) in [5, 5.41) is 9.25. The smallest absolute Gasteiger partial charge is 0.387 e. The van der Waals surface area contributed by atoms with Crippen LogP contribution in [0.1, 0.15) is 23.2 Å². The zero-order valence-electron chi connectivity index (χ0n) is 11.5. The average molecular weight is 334 g/mol. The molecule has 1 atom stereocenters. The van der Waals surface area contributed by atoms with Crippen molar-refractivity contribution in [1.82, 2.24) is 4.90 Å². The Bertz CT molecular complexity index is 582. The van der Waals surface area contributed by atoms with E-state index >= 15 is 0 Å². The number of carboxylic acid groups (broad SMARTS) is 1. The van der Waals surface area contributed by atoms with Crippen molar-refractivity contribution in [3.05, 3.63) is 28.8 Å². The number of likely N-dealkylation sites (tertiary alicyclic amines) is 1. The van der Waals surface area contributed by atoms with E-state index < -0.39 is 24.4 Å². The summed E-state index contributed by atoms with van der Waals surface area (Å²) in [6, 6.07) is 3.78. The third-order valence-corrected chi connectivity index (χ3v) is 3.68. The predicted octanol–water partition coefficient (Wildman–Crippen LogP) is 2.88. The van der Waals surface area contributed by atoms with Crippen LogP contribution in [0.25, 0.3) is 0 Å². The molecule has 0 saturated carbocycles. The molecule has 5 nitrogen and oxygen atoms in total. The van der Waals surface area contributed by atoms with E-state index in [2.05, 4.69) is 4.74 Å². The van der Waals surface area contributed by atoms with Crippen LogP contribution in [-0.4, -0.2) is 41.6 Å². The van der Waals surface area contributed by atoms with Gasteiger partial charge in [-0.05, 0) is 31.0 Å². The van der Waals surface area contributed by atoms with Gasteiger partial charge in [-0.2, -0.15) is 8.78 Å². The van der Waals surface area contributed by atoms with E-state index in [4.69, 9.17) is 16.7 Å². The average Bonchev–Trinajstić information content (AvgIpc) is 2.48. The number of aliphatic carboxylic acids is 1. The van der Waals surface area contributed by atoms with E-state index in [9.17, 15) is 18.4 Å². The number of nitrogens with zero attached hydrogens (tertiary/aromatic N) is 1. The predicted molar refractivity (Wildman–Crippen MR) is 74.3 cm³/mol. The van der Waals surface area contributed by atoms with Crippen molar-refractivity contribution in [2.75, 3.05) is 13.1 Å². The number of benzene rings is 1. The second-order valence-corrected chi connectivity index (χ2v) is 5.38. The lowest BCUT2D eigenvalue weighted by atomic mass is 9.97. The Morgan fingerprint density at radius 1 is 1.41 bits per heavy atom. The zero-order chi connectivity index (χ0) is 16.3. The molecule has 1 aromatic carbocycles. The zero-order valence-corrected chi connectivity index (χ0v) is 12.2. The molecule has 0 aliphatic carbocycles. The molecule has 1 amide bonds. The van der Waals surface area contributed by atoms with Crippen molar-refractivity contribution in [3.63, 3.8) is 0 Å². The fraction of sp³-hybridized carbons (Fsp3) is 0.429. The molecular weight excluding hydrogens is 320 g/mol. The molecule has 2 rings (SSSR count). The summed E-state index contributed by atoms with van der Waals surface area (Å²) >= 11 is 5.81. The van der Waals surface area contributed by atoms with Crippen molar-refractivity contribution >= 4 is 23.5 Å². The number of piperidine rings is 1. The first-order valence-electron chi connectivity index (χ1n) is 6.65. The van der Waals surface area contributed by atoms with Gasteiger partial charge in [-0.25, -0.2) is 0 Å². The molecule has 0 bridgehead atoms. The lowest BCUT2D eigenvalue weighted by Crippen LogP contribution is -2.42. The summed E-state index contributed by atoms with van der Waals surface area (Å²) in [5.74, 6) is -2.48. The molecule has 1 aromatic rings. The molecular formula is C14H14ClF2NO4. The molecule has 1 aliphatic rings. The summed E-state index contributed by atoms with van der Waals surface area (Å²) in [6.07, 6.45) is 1.02. The highest BCUT2D eigenvalue weighted by molar-refractivity contribution is 6.31. The second-order valence-electron chi connectivity index (χ2n) is 4.95. The van der Waals surface area contributed by atoms with Gasteiger partial charge in [-0.1, -0.05) is 11.6 Å². The lowest BCUT2D eigenvalue weighted by molar-refractivity contribution is -0.143. The molecule has 22 heavy (non-hydrogen) atoms. The van der Waals surface area contributed by atoms with Crippen molar-refractivity contribution in [3.8, 4) is 5.75 Å². The van der Waals surface area contributed by atoms with Crippen molar-refractivity contribution < 1.29 is 28.2 Å². The van der Waals surface area contributed by atoms with Crippen molar-refractivity contribution in [2.45, 2.75) is 19.5 Å². The largest absolute Gasteiger partial charge is 0.481 e. The van der Waals surface area contributed by atoms with E-state index in [-0.39, 0.29) is 22.9 Å². The molecule has 8 heteroatoms. The molecule has 0 aromatic heterocycles. The van der Waals surface area contributed by atoms with E-state index in [1.807, 2.05) is 0 Å². The van der Waals surface area contributed by atoms with Gasteiger partial charge in [0.1, 0.15) is 5.75 Å². The maximum atomic E-state index is 12.5. The molecule has 0 radical (unpaired) electrons. The number of alkyl halides is 2. The lowest BCUT2D eigenvalue weighted by Gasteiger charge is -2.31. The van der Waals surface area contributed by atoms with Gasteiger partial charge >= 0.3 is 12.6 Å². The number of hydrogen-bond donors (Lipinski definition) is 1. The SMILES string of the molecule is O=C(O)C1CCCN(C(=O)c2cc(Cl)ccc2OC(F)F)C1. The van der Waals surface area contributed by atoms with Crippen LogP contribution in [0.3, 0.4) is 0 Å². The van der Waals surface area contributed by atoms with Crippen molar-refractivity contribution in [2.24, 2.45) is 5.92 Å². The van der Waals surface area contributed by atoms with Crippen LogP contribution in [0.4, 0.5) is 8.78 Å². The number of carbonyl (C=O) groups excluding carboxylic acids is 1. The minimum absolute atomic E-state index is 0.0365. The molecule has 1 aliphatic heterocycles.